The van der Waals surface area contributed by atoms with Crippen molar-refractivity contribution in [3.05, 3.63) is 119 Å². The van der Waals surface area contributed by atoms with Crippen molar-refractivity contribution < 1.29 is 0 Å². The predicted octanol–water partition coefficient (Wildman–Crippen LogP) is 7.67. The van der Waals surface area contributed by atoms with Gasteiger partial charge in [-0.25, -0.2) is 0 Å². The minimum absolute atomic E-state index is 1.21. The highest BCUT2D eigenvalue weighted by Gasteiger charge is 2.08. The Kier molecular flexibility index (Phi) is 4.78. The number of fused-ring (bicyclic) bond motifs is 3. The first-order valence-electron chi connectivity index (χ1n) is 10.3. The van der Waals surface area contributed by atoms with Crippen molar-refractivity contribution in [1.29, 1.82) is 0 Å². The first-order valence-corrected chi connectivity index (χ1v) is 10.3. The maximum atomic E-state index is 2.29. The summed E-state index contributed by atoms with van der Waals surface area (Å²) in [5.41, 5.74) is 7.36. The van der Waals surface area contributed by atoms with Crippen molar-refractivity contribution >= 4 is 46.1 Å². The zero-order valence-electron chi connectivity index (χ0n) is 17.0. The topological polar surface area (TPSA) is 4.93 Å². The quantitative estimate of drug-likeness (QED) is 0.280. The van der Waals surface area contributed by atoms with Gasteiger partial charge in [-0.2, -0.15) is 0 Å². The van der Waals surface area contributed by atoms with Gasteiger partial charge in [-0.15, -0.1) is 0 Å². The van der Waals surface area contributed by atoms with Crippen molar-refractivity contribution in [3.63, 3.8) is 0 Å². The molecule has 1 heteroatoms. The fourth-order valence-corrected chi connectivity index (χ4v) is 3.97. The minimum Gasteiger partial charge on any atom is -0.344 e. The van der Waals surface area contributed by atoms with Crippen LogP contribution in [0.15, 0.2) is 97.1 Å². The second kappa shape index (κ2) is 7.88. The second-order valence-corrected chi connectivity index (χ2v) is 7.60. The van der Waals surface area contributed by atoms with Crippen LogP contribution in [0, 0.1) is 0 Å². The van der Waals surface area contributed by atoms with E-state index in [1.54, 1.807) is 0 Å². The lowest BCUT2D eigenvalue weighted by Crippen LogP contribution is -1.86. The molecule has 0 saturated carbocycles. The molecule has 0 N–H and O–H groups in total. The molecule has 4 aromatic carbocycles. The highest BCUT2D eigenvalue weighted by molar-refractivity contribution is 6.09. The Morgan fingerprint density at radius 2 is 0.867 bits per heavy atom. The second-order valence-electron chi connectivity index (χ2n) is 7.60. The zero-order chi connectivity index (χ0) is 20.3. The van der Waals surface area contributed by atoms with Crippen molar-refractivity contribution in [1.82, 2.24) is 4.57 Å². The van der Waals surface area contributed by atoms with Crippen molar-refractivity contribution in [2.24, 2.45) is 7.05 Å². The first kappa shape index (κ1) is 18.2. The molecule has 0 radical (unpaired) electrons. The standard InChI is InChI=1S/C29H23N/c1-30-28-18-16-24(14-12-22-8-4-2-5-9-22)20-26(28)27-21-25(17-19-29(27)30)15-13-23-10-6-3-7-11-23/h2-21H,1H3/b14-12+,15-13+. The number of aromatic nitrogens is 1. The first-order chi connectivity index (χ1) is 14.8. The molecule has 5 aromatic rings. The summed E-state index contributed by atoms with van der Waals surface area (Å²) >= 11 is 0. The average molecular weight is 386 g/mol. The largest absolute Gasteiger partial charge is 0.344 e. The molecule has 1 aromatic heterocycles. The molecule has 0 aliphatic carbocycles. The summed E-state index contributed by atoms with van der Waals surface area (Å²) in [6, 6.07) is 34.3. The Hall–Kier alpha value is -3.84. The molecule has 0 unspecified atom stereocenters. The Labute approximate surface area is 177 Å². The molecule has 144 valence electrons. The van der Waals surface area contributed by atoms with E-state index in [0.29, 0.717) is 0 Å². The maximum absolute atomic E-state index is 2.29. The van der Waals surface area contributed by atoms with Crippen molar-refractivity contribution in [2.45, 2.75) is 0 Å². The summed E-state index contributed by atoms with van der Waals surface area (Å²) in [6.45, 7) is 0. The van der Waals surface area contributed by atoms with Gasteiger partial charge in [-0.05, 0) is 46.5 Å². The fraction of sp³-hybridized carbons (Fsp3) is 0.0345. The summed E-state index contributed by atoms with van der Waals surface area (Å²) in [5.74, 6) is 0. The van der Waals surface area contributed by atoms with E-state index in [1.165, 1.54) is 44.1 Å². The summed E-state index contributed by atoms with van der Waals surface area (Å²) in [6.07, 6.45) is 8.71. The van der Waals surface area contributed by atoms with Gasteiger partial charge in [-0.1, -0.05) is 97.1 Å². The molecule has 30 heavy (non-hydrogen) atoms. The summed E-state index contributed by atoms with van der Waals surface area (Å²) in [4.78, 5) is 0. The maximum Gasteiger partial charge on any atom is 0.0489 e. The fourth-order valence-electron chi connectivity index (χ4n) is 3.97. The lowest BCUT2D eigenvalue weighted by atomic mass is 10.1. The number of hydrogen-bond donors (Lipinski definition) is 0. The Morgan fingerprint density at radius 1 is 0.467 bits per heavy atom. The molecule has 0 atom stereocenters. The lowest BCUT2D eigenvalue weighted by molar-refractivity contribution is 1.01. The molecule has 0 bridgehead atoms. The molecule has 5 rings (SSSR count). The molecule has 0 spiro atoms. The number of rotatable bonds is 4. The van der Waals surface area contributed by atoms with E-state index in [0.717, 1.165) is 0 Å². The van der Waals surface area contributed by atoms with Crippen LogP contribution >= 0.6 is 0 Å². The van der Waals surface area contributed by atoms with Gasteiger partial charge in [0.1, 0.15) is 0 Å². The van der Waals surface area contributed by atoms with Crippen LogP contribution in [0.5, 0.6) is 0 Å². The van der Waals surface area contributed by atoms with Gasteiger partial charge in [-0.3, -0.25) is 0 Å². The third-order valence-electron chi connectivity index (χ3n) is 5.59. The molecular weight excluding hydrogens is 362 g/mol. The molecule has 0 aliphatic rings. The van der Waals surface area contributed by atoms with E-state index in [-0.39, 0.29) is 0 Å². The van der Waals surface area contributed by atoms with Gasteiger partial charge in [0, 0.05) is 28.9 Å². The zero-order valence-corrected chi connectivity index (χ0v) is 17.0. The van der Waals surface area contributed by atoms with Crippen molar-refractivity contribution in [2.75, 3.05) is 0 Å². The normalized spacial score (nSPS) is 11.9. The molecule has 0 fully saturated rings. The number of hydrogen-bond acceptors (Lipinski definition) is 0. The molecule has 1 heterocycles. The van der Waals surface area contributed by atoms with Crippen LogP contribution in [0.1, 0.15) is 22.3 Å². The van der Waals surface area contributed by atoms with E-state index < -0.39 is 0 Å². The van der Waals surface area contributed by atoms with E-state index in [2.05, 4.69) is 121 Å². The van der Waals surface area contributed by atoms with Crippen LogP contribution in [0.4, 0.5) is 0 Å². The van der Waals surface area contributed by atoms with E-state index in [4.69, 9.17) is 0 Å². The minimum atomic E-state index is 1.21. The monoisotopic (exact) mass is 385 g/mol. The molecule has 0 saturated heterocycles. The Morgan fingerprint density at radius 3 is 1.30 bits per heavy atom. The van der Waals surface area contributed by atoms with Crippen LogP contribution in [-0.4, -0.2) is 4.57 Å². The highest BCUT2D eigenvalue weighted by atomic mass is 14.9. The summed E-state index contributed by atoms with van der Waals surface area (Å²) in [5, 5.41) is 2.58. The predicted molar refractivity (Wildman–Crippen MR) is 131 cm³/mol. The molecule has 0 aliphatic heterocycles. The van der Waals surface area contributed by atoms with Crippen LogP contribution in [0.3, 0.4) is 0 Å². The van der Waals surface area contributed by atoms with E-state index in [9.17, 15) is 0 Å². The smallest absolute Gasteiger partial charge is 0.0489 e. The van der Waals surface area contributed by atoms with E-state index >= 15 is 0 Å². The van der Waals surface area contributed by atoms with Crippen LogP contribution < -0.4 is 0 Å². The summed E-state index contributed by atoms with van der Waals surface area (Å²) < 4.78 is 2.28. The molecule has 1 nitrogen and oxygen atoms in total. The molecule has 0 amide bonds. The third kappa shape index (κ3) is 3.58. The lowest BCUT2D eigenvalue weighted by Gasteiger charge is -1.99. The third-order valence-corrected chi connectivity index (χ3v) is 5.59. The van der Waals surface area contributed by atoms with Crippen LogP contribution in [0.25, 0.3) is 46.1 Å². The molecular formula is C29H23N. The van der Waals surface area contributed by atoms with Crippen LogP contribution in [-0.2, 0) is 7.05 Å². The van der Waals surface area contributed by atoms with Gasteiger partial charge in [0.25, 0.3) is 0 Å². The van der Waals surface area contributed by atoms with E-state index in [1.807, 2.05) is 12.1 Å². The Balaban J connectivity index is 1.55. The van der Waals surface area contributed by atoms with Crippen molar-refractivity contribution in [3.8, 4) is 0 Å². The highest BCUT2D eigenvalue weighted by Crippen LogP contribution is 2.30. The van der Waals surface area contributed by atoms with Crippen LogP contribution in [0.2, 0.25) is 0 Å². The van der Waals surface area contributed by atoms with Gasteiger partial charge >= 0.3 is 0 Å². The number of benzene rings is 4. The van der Waals surface area contributed by atoms with Gasteiger partial charge in [0.05, 0.1) is 0 Å². The van der Waals surface area contributed by atoms with Gasteiger partial charge in [0.2, 0.25) is 0 Å². The summed E-state index contributed by atoms with van der Waals surface area (Å²) in [7, 11) is 2.14. The number of nitrogens with zero attached hydrogens (tertiary/aromatic N) is 1. The van der Waals surface area contributed by atoms with Gasteiger partial charge in [0.15, 0.2) is 0 Å². The number of aryl methyl sites for hydroxylation is 1. The Bertz CT molecular complexity index is 1260. The van der Waals surface area contributed by atoms with Gasteiger partial charge < -0.3 is 4.57 Å². The average Bonchev–Trinajstić information content (AvgIpc) is 3.09. The SMILES string of the molecule is Cn1c2ccc(/C=C/c3ccccc3)cc2c2cc(/C=C/c3ccccc3)ccc21.